The number of imidazole rings is 1. The van der Waals surface area contributed by atoms with E-state index in [1.807, 2.05) is 23.8 Å². The maximum atomic E-state index is 12.1. The summed E-state index contributed by atoms with van der Waals surface area (Å²) in [6.07, 6.45) is 3.93. The van der Waals surface area contributed by atoms with Gasteiger partial charge in [0, 0.05) is 19.2 Å². The van der Waals surface area contributed by atoms with E-state index in [0.717, 1.165) is 12.1 Å². The Labute approximate surface area is 107 Å². The van der Waals surface area contributed by atoms with Gasteiger partial charge in [-0.2, -0.15) is 0 Å². The Hall–Kier alpha value is -1.90. The average Bonchev–Trinajstić information content (AvgIpc) is 2.82. The number of benzene rings is 1. The van der Waals surface area contributed by atoms with Crippen molar-refractivity contribution < 1.29 is 4.79 Å². The highest BCUT2D eigenvalue weighted by Gasteiger charge is 2.10. The molecule has 0 saturated carbocycles. The zero-order valence-corrected chi connectivity index (χ0v) is 11.1. The Morgan fingerprint density at radius 1 is 1.28 bits per heavy atom. The second kappa shape index (κ2) is 5.17. The maximum Gasteiger partial charge on any atom is 0.187 e. The fourth-order valence-electron chi connectivity index (χ4n) is 1.87. The molecule has 2 rings (SSSR count). The van der Waals surface area contributed by atoms with Crippen LogP contribution in [0.2, 0.25) is 0 Å². The minimum atomic E-state index is 0.0745. The molecule has 94 valence electrons. The summed E-state index contributed by atoms with van der Waals surface area (Å²) < 4.78 is 1.91. The summed E-state index contributed by atoms with van der Waals surface area (Å²) in [5.41, 5.74) is 4.07. The SMILES string of the molecule is CCn1cnc(C(=O)Cc2ccc(C)c(C)c2)c1. The number of Topliss-reactive ketones (excluding diaryl/α,β-unsaturated/α-hetero) is 1. The lowest BCUT2D eigenvalue weighted by Gasteiger charge is -2.03. The molecule has 0 amide bonds. The van der Waals surface area contributed by atoms with Crippen LogP contribution in [0.25, 0.3) is 0 Å². The zero-order chi connectivity index (χ0) is 13.1. The van der Waals surface area contributed by atoms with Crippen LogP contribution in [-0.4, -0.2) is 15.3 Å². The highest BCUT2D eigenvalue weighted by Crippen LogP contribution is 2.12. The van der Waals surface area contributed by atoms with E-state index in [1.165, 1.54) is 11.1 Å². The Balaban J connectivity index is 2.13. The molecule has 0 aliphatic heterocycles. The molecule has 3 nitrogen and oxygen atoms in total. The van der Waals surface area contributed by atoms with Crippen molar-refractivity contribution in [2.75, 3.05) is 0 Å². The van der Waals surface area contributed by atoms with Crippen LogP contribution in [0.1, 0.15) is 34.1 Å². The van der Waals surface area contributed by atoms with E-state index in [2.05, 4.69) is 31.0 Å². The molecule has 1 aromatic heterocycles. The van der Waals surface area contributed by atoms with Crippen LogP contribution in [0.4, 0.5) is 0 Å². The van der Waals surface area contributed by atoms with Crippen molar-refractivity contribution in [2.24, 2.45) is 0 Å². The summed E-state index contributed by atoms with van der Waals surface area (Å²) in [5, 5.41) is 0. The van der Waals surface area contributed by atoms with E-state index in [-0.39, 0.29) is 5.78 Å². The van der Waals surface area contributed by atoms with Crippen molar-refractivity contribution in [3.8, 4) is 0 Å². The molecule has 0 bridgehead atoms. The monoisotopic (exact) mass is 242 g/mol. The predicted molar refractivity (Wildman–Crippen MR) is 71.9 cm³/mol. The largest absolute Gasteiger partial charge is 0.337 e. The van der Waals surface area contributed by atoms with E-state index in [0.29, 0.717) is 12.1 Å². The normalized spacial score (nSPS) is 10.6. The van der Waals surface area contributed by atoms with E-state index >= 15 is 0 Å². The molecule has 0 spiro atoms. The lowest BCUT2D eigenvalue weighted by molar-refractivity contribution is 0.0988. The molecule has 0 unspecified atom stereocenters. The van der Waals surface area contributed by atoms with Crippen LogP contribution >= 0.6 is 0 Å². The van der Waals surface area contributed by atoms with Crippen molar-refractivity contribution in [3.63, 3.8) is 0 Å². The fourth-order valence-corrected chi connectivity index (χ4v) is 1.87. The van der Waals surface area contributed by atoms with Gasteiger partial charge in [-0.15, -0.1) is 0 Å². The van der Waals surface area contributed by atoms with Crippen molar-refractivity contribution >= 4 is 5.78 Å². The van der Waals surface area contributed by atoms with E-state index in [4.69, 9.17) is 0 Å². The number of carbonyl (C=O) groups excluding carboxylic acids is 1. The van der Waals surface area contributed by atoms with E-state index in [1.54, 1.807) is 6.33 Å². The lowest BCUT2D eigenvalue weighted by atomic mass is 10.0. The molecule has 0 atom stereocenters. The molecule has 2 aromatic rings. The van der Waals surface area contributed by atoms with Gasteiger partial charge in [0.1, 0.15) is 5.69 Å². The van der Waals surface area contributed by atoms with Gasteiger partial charge in [-0.05, 0) is 37.5 Å². The minimum Gasteiger partial charge on any atom is -0.337 e. The molecule has 18 heavy (non-hydrogen) atoms. The first kappa shape index (κ1) is 12.6. The second-order valence-corrected chi connectivity index (χ2v) is 4.61. The summed E-state index contributed by atoms with van der Waals surface area (Å²) in [7, 11) is 0. The van der Waals surface area contributed by atoms with Crippen LogP contribution in [0, 0.1) is 13.8 Å². The second-order valence-electron chi connectivity index (χ2n) is 4.61. The van der Waals surface area contributed by atoms with Gasteiger partial charge in [-0.1, -0.05) is 18.2 Å². The number of ketones is 1. The summed E-state index contributed by atoms with van der Waals surface area (Å²) in [6.45, 7) is 7.00. The molecule has 0 fully saturated rings. The number of hydrogen-bond acceptors (Lipinski definition) is 2. The number of rotatable bonds is 4. The van der Waals surface area contributed by atoms with Gasteiger partial charge < -0.3 is 4.57 Å². The summed E-state index contributed by atoms with van der Waals surface area (Å²) in [4.78, 5) is 16.2. The molecule has 3 heteroatoms. The third-order valence-electron chi connectivity index (χ3n) is 3.22. The molecule has 0 aliphatic carbocycles. The van der Waals surface area contributed by atoms with Crippen LogP contribution < -0.4 is 0 Å². The first-order valence-electron chi connectivity index (χ1n) is 6.21. The Morgan fingerprint density at radius 3 is 2.67 bits per heavy atom. The topological polar surface area (TPSA) is 34.9 Å². The van der Waals surface area contributed by atoms with Gasteiger partial charge in [0.15, 0.2) is 5.78 Å². The van der Waals surface area contributed by atoms with Gasteiger partial charge in [-0.3, -0.25) is 4.79 Å². The number of nitrogens with zero attached hydrogens (tertiary/aromatic N) is 2. The number of carbonyl (C=O) groups is 1. The molecule has 0 saturated heterocycles. The first-order chi connectivity index (χ1) is 8.60. The zero-order valence-electron chi connectivity index (χ0n) is 11.1. The van der Waals surface area contributed by atoms with Crippen molar-refractivity contribution in [2.45, 2.75) is 33.7 Å². The predicted octanol–water partition coefficient (Wildman–Crippen LogP) is 2.95. The highest BCUT2D eigenvalue weighted by atomic mass is 16.1. The number of hydrogen-bond donors (Lipinski definition) is 0. The molecule has 1 aromatic carbocycles. The van der Waals surface area contributed by atoms with Crippen molar-refractivity contribution in [3.05, 3.63) is 53.1 Å². The highest BCUT2D eigenvalue weighted by molar-refractivity contribution is 5.95. The third-order valence-corrected chi connectivity index (χ3v) is 3.22. The smallest absolute Gasteiger partial charge is 0.187 e. The molecule has 1 heterocycles. The van der Waals surface area contributed by atoms with Gasteiger partial charge >= 0.3 is 0 Å². The summed E-state index contributed by atoms with van der Waals surface area (Å²) in [5.74, 6) is 0.0745. The van der Waals surface area contributed by atoms with Gasteiger partial charge in [0.05, 0.1) is 6.33 Å². The average molecular weight is 242 g/mol. The summed E-state index contributed by atoms with van der Waals surface area (Å²) in [6, 6.07) is 6.14. The lowest BCUT2D eigenvalue weighted by Crippen LogP contribution is -2.04. The van der Waals surface area contributed by atoms with Crippen molar-refractivity contribution in [1.82, 2.24) is 9.55 Å². The third kappa shape index (κ3) is 2.67. The number of aryl methyl sites for hydroxylation is 3. The van der Waals surface area contributed by atoms with Crippen LogP contribution in [0.3, 0.4) is 0 Å². The molecule has 0 N–H and O–H groups in total. The molecule has 0 aliphatic rings. The molecule has 0 radical (unpaired) electrons. The van der Waals surface area contributed by atoms with Gasteiger partial charge in [0.2, 0.25) is 0 Å². The first-order valence-corrected chi connectivity index (χ1v) is 6.21. The van der Waals surface area contributed by atoms with Crippen LogP contribution in [0.5, 0.6) is 0 Å². The quantitative estimate of drug-likeness (QED) is 0.773. The standard InChI is InChI=1S/C15H18N2O/c1-4-17-9-14(16-10-17)15(18)8-13-6-5-11(2)12(3)7-13/h5-7,9-10H,4,8H2,1-3H3. The van der Waals surface area contributed by atoms with Gasteiger partial charge in [0.25, 0.3) is 0 Å². The fraction of sp³-hybridized carbons (Fsp3) is 0.333. The van der Waals surface area contributed by atoms with E-state index in [9.17, 15) is 4.79 Å². The summed E-state index contributed by atoms with van der Waals surface area (Å²) >= 11 is 0. The van der Waals surface area contributed by atoms with Crippen LogP contribution in [0.15, 0.2) is 30.7 Å². The Bertz CT molecular complexity index is 570. The minimum absolute atomic E-state index is 0.0745. The Kier molecular flexibility index (Phi) is 3.60. The molecular weight excluding hydrogens is 224 g/mol. The van der Waals surface area contributed by atoms with Crippen molar-refractivity contribution in [1.29, 1.82) is 0 Å². The maximum absolute atomic E-state index is 12.1. The molecular formula is C15H18N2O. The Morgan fingerprint density at radius 2 is 2.06 bits per heavy atom. The van der Waals surface area contributed by atoms with Gasteiger partial charge in [-0.25, -0.2) is 4.98 Å². The van der Waals surface area contributed by atoms with Crippen LogP contribution in [-0.2, 0) is 13.0 Å². The number of aromatic nitrogens is 2. The van der Waals surface area contributed by atoms with E-state index < -0.39 is 0 Å².